The van der Waals surface area contributed by atoms with Gasteiger partial charge in [0.05, 0.1) is 15.4 Å². The minimum atomic E-state index is -4.16. The van der Waals surface area contributed by atoms with Crippen molar-refractivity contribution < 1.29 is 42.5 Å². The molecule has 3 atom stereocenters. The average Bonchev–Trinajstić information content (AvgIpc) is 2.32. The molecule has 0 aromatic heterocycles. The monoisotopic (exact) mass is 238 g/mol. The number of hydrogen-bond donors (Lipinski definition) is 0. The normalized spacial score (nSPS) is 41.6. The maximum Gasteiger partial charge on any atom is 1.00 e. The molecule has 15 heavy (non-hydrogen) atoms. The Morgan fingerprint density at radius 3 is 2.07 bits per heavy atom. The Balaban J connectivity index is 0.00000112. The number of hydrogen-bond acceptors (Lipinski definition) is 3. The number of rotatable bonds is 1. The summed E-state index contributed by atoms with van der Waals surface area (Å²) in [5.74, 6) is 0.237. The molecule has 1 fully saturated rings. The van der Waals surface area contributed by atoms with E-state index in [4.69, 9.17) is 0 Å². The van der Waals surface area contributed by atoms with Crippen LogP contribution in [-0.2, 0) is 10.1 Å². The van der Waals surface area contributed by atoms with E-state index < -0.39 is 20.8 Å². The van der Waals surface area contributed by atoms with E-state index >= 15 is 0 Å². The van der Waals surface area contributed by atoms with Gasteiger partial charge in [0, 0.05) is 5.41 Å². The van der Waals surface area contributed by atoms with Crippen LogP contribution in [0.15, 0.2) is 12.2 Å². The summed E-state index contributed by atoms with van der Waals surface area (Å²) >= 11 is 0. The van der Waals surface area contributed by atoms with Crippen molar-refractivity contribution in [3.8, 4) is 0 Å². The maximum atomic E-state index is 11.1. The van der Waals surface area contributed by atoms with Gasteiger partial charge in [-0.1, -0.05) is 32.9 Å². The Kier molecular flexibility index (Phi) is 3.26. The van der Waals surface area contributed by atoms with Crippen LogP contribution in [0.3, 0.4) is 0 Å². The third-order valence-electron chi connectivity index (χ3n) is 4.48. The molecule has 2 aliphatic rings. The van der Waals surface area contributed by atoms with Crippen molar-refractivity contribution in [2.45, 2.75) is 32.4 Å². The average molecular weight is 238 g/mol. The zero-order valence-electron chi connectivity index (χ0n) is 9.65. The summed E-state index contributed by atoms with van der Waals surface area (Å²) in [4.78, 5) is 0. The summed E-state index contributed by atoms with van der Waals surface area (Å²) < 4.78 is 33.4. The van der Waals surface area contributed by atoms with Crippen LogP contribution >= 0.6 is 0 Å². The molecule has 0 amide bonds. The molecule has 0 aliphatic heterocycles. The van der Waals surface area contributed by atoms with E-state index in [1.54, 1.807) is 0 Å². The first-order chi connectivity index (χ1) is 6.19. The van der Waals surface area contributed by atoms with Crippen molar-refractivity contribution in [3.05, 3.63) is 12.2 Å². The third-order valence-corrected chi connectivity index (χ3v) is 5.85. The van der Waals surface area contributed by atoms with Crippen LogP contribution in [0.4, 0.5) is 0 Å². The number of allylic oxidation sites excluding steroid dienone is 2. The molecule has 0 aromatic rings. The first-order valence-corrected chi connectivity index (χ1v) is 6.31. The molecular formula is C10H15NaO3S. The summed E-state index contributed by atoms with van der Waals surface area (Å²) in [6, 6.07) is 0. The minimum absolute atomic E-state index is 0. The molecule has 2 aliphatic carbocycles. The van der Waals surface area contributed by atoms with Crippen molar-refractivity contribution in [2.75, 3.05) is 0 Å². The van der Waals surface area contributed by atoms with Crippen LogP contribution in [-0.4, -0.2) is 18.2 Å². The van der Waals surface area contributed by atoms with Gasteiger partial charge in [-0.15, -0.1) is 0 Å². The van der Waals surface area contributed by atoms with Gasteiger partial charge in [0.1, 0.15) is 0 Å². The molecule has 3 nitrogen and oxygen atoms in total. The maximum absolute atomic E-state index is 11.1. The second-order valence-corrected chi connectivity index (χ2v) is 6.74. The molecular weight excluding hydrogens is 223 g/mol. The molecule has 0 spiro atoms. The molecule has 0 radical (unpaired) electrons. The quantitative estimate of drug-likeness (QED) is 0.318. The Morgan fingerprint density at radius 1 is 1.33 bits per heavy atom. The second kappa shape index (κ2) is 3.57. The summed E-state index contributed by atoms with van der Waals surface area (Å²) in [5.41, 5.74) is -0.576. The molecule has 1 saturated carbocycles. The number of fused-ring (bicyclic) bond motifs is 2. The molecule has 80 valence electrons. The van der Waals surface area contributed by atoms with Crippen molar-refractivity contribution in [1.29, 1.82) is 0 Å². The molecule has 0 N–H and O–H groups in total. The largest absolute Gasteiger partial charge is 1.00 e. The van der Waals surface area contributed by atoms with Gasteiger partial charge in [-0.05, 0) is 17.8 Å². The second-order valence-electron chi connectivity index (χ2n) is 5.19. The van der Waals surface area contributed by atoms with Crippen molar-refractivity contribution in [3.63, 3.8) is 0 Å². The van der Waals surface area contributed by atoms with Crippen LogP contribution in [0.2, 0.25) is 0 Å². The van der Waals surface area contributed by atoms with Crippen LogP contribution < -0.4 is 29.6 Å². The van der Waals surface area contributed by atoms with Gasteiger partial charge >= 0.3 is 29.6 Å². The van der Waals surface area contributed by atoms with E-state index in [-0.39, 0.29) is 40.9 Å². The zero-order valence-corrected chi connectivity index (χ0v) is 12.5. The SMILES string of the molecule is CC1(C)C2C=CC1(C)C(S(=O)(=O)[O-])C2.[Na+]. The van der Waals surface area contributed by atoms with Crippen LogP contribution in [0.1, 0.15) is 27.2 Å². The Bertz CT molecular complexity index is 399. The Hall–Kier alpha value is 0.650. The predicted molar refractivity (Wildman–Crippen MR) is 52.6 cm³/mol. The molecule has 0 saturated heterocycles. The van der Waals surface area contributed by atoms with Crippen LogP contribution in [0, 0.1) is 16.7 Å². The zero-order chi connectivity index (χ0) is 10.8. The first kappa shape index (κ1) is 13.7. The van der Waals surface area contributed by atoms with Gasteiger partial charge in [0.25, 0.3) is 0 Å². The van der Waals surface area contributed by atoms with E-state index in [0.29, 0.717) is 6.42 Å². The van der Waals surface area contributed by atoms with Gasteiger partial charge in [-0.25, -0.2) is 8.42 Å². The van der Waals surface area contributed by atoms with E-state index in [9.17, 15) is 13.0 Å². The fourth-order valence-electron chi connectivity index (χ4n) is 2.96. The summed E-state index contributed by atoms with van der Waals surface area (Å²) in [5, 5.41) is -0.736. The topological polar surface area (TPSA) is 57.2 Å². The van der Waals surface area contributed by atoms with Gasteiger partial charge in [0.15, 0.2) is 0 Å². The summed E-state index contributed by atoms with van der Waals surface area (Å²) in [6.45, 7) is 5.97. The van der Waals surface area contributed by atoms with Gasteiger partial charge in [-0.2, -0.15) is 0 Å². The van der Waals surface area contributed by atoms with E-state index in [0.717, 1.165) is 0 Å². The molecule has 5 heteroatoms. The molecule has 3 unspecified atom stereocenters. The van der Waals surface area contributed by atoms with Crippen LogP contribution in [0.25, 0.3) is 0 Å². The Labute approximate surface area is 113 Å². The molecule has 2 bridgehead atoms. The fraction of sp³-hybridized carbons (Fsp3) is 0.800. The van der Waals surface area contributed by atoms with Crippen molar-refractivity contribution >= 4 is 10.1 Å². The van der Waals surface area contributed by atoms with Crippen molar-refractivity contribution in [2.24, 2.45) is 16.7 Å². The van der Waals surface area contributed by atoms with E-state index in [2.05, 4.69) is 6.08 Å². The summed E-state index contributed by atoms with van der Waals surface area (Å²) in [7, 11) is -4.16. The van der Waals surface area contributed by atoms with Gasteiger partial charge < -0.3 is 4.55 Å². The standard InChI is InChI=1S/C10H16O3S.Na/c1-9(2)7-4-5-10(9,3)8(6-7)14(11,12)13;/h4-5,7-8H,6H2,1-3H3,(H,11,12,13);/q;+1/p-1. The fourth-order valence-corrected chi connectivity index (χ4v) is 4.38. The van der Waals surface area contributed by atoms with Crippen LogP contribution in [0.5, 0.6) is 0 Å². The summed E-state index contributed by atoms with van der Waals surface area (Å²) in [6.07, 6.45) is 4.47. The van der Waals surface area contributed by atoms with Gasteiger partial charge in [-0.3, -0.25) is 0 Å². The molecule has 2 rings (SSSR count). The molecule has 0 aromatic carbocycles. The third kappa shape index (κ3) is 1.65. The minimum Gasteiger partial charge on any atom is -0.748 e. The predicted octanol–water partition coefficient (Wildman–Crippen LogP) is -1.47. The first-order valence-electron chi connectivity index (χ1n) is 4.83. The van der Waals surface area contributed by atoms with E-state index in [1.807, 2.05) is 26.8 Å². The van der Waals surface area contributed by atoms with Crippen molar-refractivity contribution in [1.82, 2.24) is 0 Å². The van der Waals surface area contributed by atoms with Gasteiger partial charge in [0.2, 0.25) is 0 Å². The smallest absolute Gasteiger partial charge is 0.748 e. The molecule has 0 heterocycles. The Morgan fingerprint density at radius 2 is 1.87 bits per heavy atom. The van der Waals surface area contributed by atoms with E-state index in [1.165, 1.54) is 0 Å².